The van der Waals surface area contributed by atoms with Crippen LogP contribution in [0.25, 0.3) is 0 Å². The van der Waals surface area contributed by atoms with Crippen LogP contribution in [-0.2, 0) is 6.42 Å². The van der Waals surface area contributed by atoms with Crippen LogP contribution in [0.2, 0.25) is 5.02 Å². The number of rotatable bonds is 3. The van der Waals surface area contributed by atoms with E-state index in [9.17, 15) is 4.39 Å². The number of nitrogens with zero attached hydrogens (tertiary/aromatic N) is 2. The van der Waals surface area contributed by atoms with Crippen LogP contribution < -0.4 is 5.73 Å². The van der Waals surface area contributed by atoms with Gasteiger partial charge in [0.1, 0.15) is 16.7 Å². The van der Waals surface area contributed by atoms with Crippen LogP contribution in [0.5, 0.6) is 0 Å². The maximum absolute atomic E-state index is 12.8. The van der Waals surface area contributed by atoms with E-state index >= 15 is 0 Å². The van der Waals surface area contributed by atoms with Gasteiger partial charge >= 0.3 is 0 Å². The highest BCUT2D eigenvalue weighted by Gasteiger charge is 2.15. The fourth-order valence-electron chi connectivity index (χ4n) is 1.93. The van der Waals surface area contributed by atoms with Gasteiger partial charge in [-0.2, -0.15) is 5.10 Å². The molecule has 0 spiro atoms. The number of nitrogens with two attached hydrogens (primary N) is 1. The van der Waals surface area contributed by atoms with Crippen molar-refractivity contribution >= 4 is 17.4 Å². The third kappa shape index (κ3) is 2.48. The predicted octanol–water partition coefficient (Wildman–Crippen LogP) is 3.37. The van der Waals surface area contributed by atoms with Crippen molar-refractivity contribution in [2.75, 3.05) is 5.73 Å². The SMILES string of the molecule is Cc1nn(C(C)Cc2ccc(F)cc2)c(N)c1Cl. The van der Waals surface area contributed by atoms with Gasteiger partial charge in [0.15, 0.2) is 0 Å². The molecular weight excluding hydrogens is 253 g/mol. The van der Waals surface area contributed by atoms with Gasteiger partial charge in [-0.25, -0.2) is 9.07 Å². The maximum atomic E-state index is 12.8. The van der Waals surface area contributed by atoms with Crippen molar-refractivity contribution in [2.24, 2.45) is 0 Å². The Morgan fingerprint density at radius 1 is 1.39 bits per heavy atom. The molecule has 0 saturated heterocycles. The van der Waals surface area contributed by atoms with Crippen LogP contribution in [0.4, 0.5) is 10.2 Å². The maximum Gasteiger partial charge on any atom is 0.141 e. The molecule has 5 heteroatoms. The summed E-state index contributed by atoms with van der Waals surface area (Å²) in [4.78, 5) is 0. The van der Waals surface area contributed by atoms with E-state index in [1.54, 1.807) is 16.8 Å². The van der Waals surface area contributed by atoms with Gasteiger partial charge in [-0.15, -0.1) is 0 Å². The van der Waals surface area contributed by atoms with Gasteiger partial charge in [-0.05, 0) is 38.0 Å². The third-order valence-corrected chi connectivity index (χ3v) is 3.38. The minimum atomic E-state index is -0.233. The Kier molecular flexibility index (Phi) is 3.57. The zero-order valence-corrected chi connectivity index (χ0v) is 11.1. The topological polar surface area (TPSA) is 43.8 Å². The molecular formula is C13H15ClFN3. The number of aromatic nitrogens is 2. The Labute approximate surface area is 110 Å². The second kappa shape index (κ2) is 4.98. The van der Waals surface area contributed by atoms with Crippen molar-refractivity contribution in [2.45, 2.75) is 26.3 Å². The summed E-state index contributed by atoms with van der Waals surface area (Å²) < 4.78 is 14.5. The summed E-state index contributed by atoms with van der Waals surface area (Å²) in [6.07, 6.45) is 0.724. The first kappa shape index (κ1) is 12.9. The quantitative estimate of drug-likeness (QED) is 0.927. The third-order valence-electron chi connectivity index (χ3n) is 2.91. The Morgan fingerprint density at radius 2 is 2.00 bits per heavy atom. The lowest BCUT2D eigenvalue weighted by atomic mass is 10.1. The number of aryl methyl sites for hydroxylation is 1. The number of hydrogen-bond donors (Lipinski definition) is 1. The molecule has 0 aliphatic rings. The highest BCUT2D eigenvalue weighted by molar-refractivity contribution is 6.33. The minimum Gasteiger partial charge on any atom is -0.383 e. The van der Waals surface area contributed by atoms with Crippen molar-refractivity contribution < 1.29 is 4.39 Å². The molecule has 0 bridgehead atoms. The normalized spacial score (nSPS) is 12.7. The lowest BCUT2D eigenvalue weighted by Crippen LogP contribution is -2.12. The van der Waals surface area contributed by atoms with Crippen molar-refractivity contribution in [3.8, 4) is 0 Å². The lowest BCUT2D eigenvalue weighted by molar-refractivity contribution is 0.493. The van der Waals surface area contributed by atoms with Gasteiger partial charge < -0.3 is 5.73 Å². The Balaban J connectivity index is 2.19. The molecule has 1 heterocycles. The van der Waals surface area contributed by atoms with E-state index in [0.29, 0.717) is 10.8 Å². The van der Waals surface area contributed by atoms with Crippen LogP contribution in [0.3, 0.4) is 0 Å². The molecule has 1 aromatic heterocycles. The second-order valence-corrected chi connectivity index (χ2v) is 4.79. The number of halogens is 2. The van der Waals surface area contributed by atoms with Crippen molar-refractivity contribution in [1.82, 2.24) is 9.78 Å². The molecule has 0 fully saturated rings. The van der Waals surface area contributed by atoms with Crippen LogP contribution in [0.15, 0.2) is 24.3 Å². The summed E-state index contributed by atoms with van der Waals surface area (Å²) in [5.74, 6) is 0.243. The van der Waals surface area contributed by atoms with E-state index in [1.807, 2.05) is 13.8 Å². The smallest absolute Gasteiger partial charge is 0.141 e. The highest BCUT2D eigenvalue weighted by atomic mass is 35.5. The van der Waals surface area contributed by atoms with E-state index in [2.05, 4.69) is 5.10 Å². The largest absolute Gasteiger partial charge is 0.383 e. The molecule has 96 valence electrons. The number of anilines is 1. The summed E-state index contributed by atoms with van der Waals surface area (Å²) >= 11 is 6.01. The van der Waals surface area contributed by atoms with E-state index in [-0.39, 0.29) is 11.9 Å². The Bertz CT molecular complexity index is 548. The molecule has 18 heavy (non-hydrogen) atoms. The summed E-state index contributed by atoms with van der Waals surface area (Å²) in [7, 11) is 0. The Hall–Kier alpha value is -1.55. The summed E-state index contributed by atoms with van der Waals surface area (Å²) in [5, 5.41) is 4.81. The molecule has 2 N–H and O–H groups in total. The predicted molar refractivity (Wildman–Crippen MR) is 71.2 cm³/mol. The molecule has 0 radical (unpaired) electrons. The molecule has 0 aliphatic carbocycles. The van der Waals surface area contributed by atoms with E-state index in [4.69, 9.17) is 17.3 Å². The van der Waals surface area contributed by atoms with Crippen molar-refractivity contribution in [3.05, 3.63) is 46.4 Å². The van der Waals surface area contributed by atoms with Gasteiger partial charge in [0, 0.05) is 0 Å². The van der Waals surface area contributed by atoms with Gasteiger partial charge in [-0.3, -0.25) is 0 Å². The first-order chi connectivity index (χ1) is 8.49. The average molecular weight is 268 g/mol. The van der Waals surface area contributed by atoms with Crippen molar-refractivity contribution in [1.29, 1.82) is 0 Å². The zero-order chi connectivity index (χ0) is 13.3. The average Bonchev–Trinajstić information content (AvgIpc) is 2.60. The van der Waals surface area contributed by atoms with Crippen LogP contribution >= 0.6 is 11.6 Å². The van der Waals surface area contributed by atoms with E-state index in [0.717, 1.165) is 17.7 Å². The lowest BCUT2D eigenvalue weighted by Gasteiger charge is -2.14. The van der Waals surface area contributed by atoms with Crippen LogP contribution in [0.1, 0.15) is 24.2 Å². The Morgan fingerprint density at radius 3 is 2.50 bits per heavy atom. The van der Waals surface area contributed by atoms with E-state index in [1.165, 1.54) is 12.1 Å². The van der Waals surface area contributed by atoms with Gasteiger partial charge in [0.05, 0.1) is 11.7 Å². The van der Waals surface area contributed by atoms with Gasteiger partial charge in [0.2, 0.25) is 0 Å². The minimum absolute atomic E-state index is 0.0710. The number of nitrogen functional groups attached to an aromatic ring is 1. The molecule has 0 aliphatic heterocycles. The van der Waals surface area contributed by atoms with Gasteiger partial charge in [0.25, 0.3) is 0 Å². The second-order valence-electron chi connectivity index (χ2n) is 4.41. The van der Waals surface area contributed by atoms with Crippen LogP contribution in [0, 0.1) is 12.7 Å². The standard InChI is InChI=1S/C13H15ClFN3/c1-8(7-10-3-5-11(15)6-4-10)18-13(16)12(14)9(2)17-18/h3-6,8H,7,16H2,1-2H3. The summed E-state index contributed by atoms with van der Waals surface area (Å²) in [5.41, 5.74) is 7.65. The van der Waals surface area contributed by atoms with Crippen molar-refractivity contribution in [3.63, 3.8) is 0 Å². The molecule has 1 unspecified atom stereocenters. The first-order valence-electron chi connectivity index (χ1n) is 5.73. The molecule has 1 aromatic carbocycles. The highest BCUT2D eigenvalue weighted by Crippen LogP contribution is 2.26. The van der Waals surface area contributed by atoms with Gasteiger partial charge in [-0.1, -0.05) is 23.7 Å². The first-order valence-corrected chi connectivity index (χ1v) is 6.11. The molecule has 0 amide bonds. The zero-order valence-electron chi connectivity index (χ0n) is 10.3. The molecule has 2 rings (SSSR count). The number of benzene rings is 1. The fraction of sp³-hybridized carbons (Fsp3) is 0.308. The molecule has 0 saturated carbocycles. The fourth-order valence-corrected chi connectivity index (χ4v) is 2.05. The van der Waals surface area contributed by atoms with E-state index < -0.39 is 0 Å². The summed E-state index contributed by atoms with van der Waals surface area (Å²) in [6, 6.07) is 6.50. The molecule has 3 nitrogen and oxygen atoms in total. The molecule has 1 atom stereocenters. The molecule has 2 aromatic rings. The monoisotopic (exact) mass is 267 g/mol. The van der Waals surface area contributed by atoms with Crippen LogP contribution in [-0.4, -0.2) is 9.78 Å². The number of hydrogen-bond acceptors (Lipinski definition) is 2. The summed E-state index contributed by atoms with van der Waals surface area (Å²) in [6.45, 7) is 3.82.